The number of nitrogens with zero attached hydrogens (tertiary/aromatic N) is 1. The van der Waals surface area contributed by atoms with Crippen molar-refractivity contribution in [2.24, 2.45) is 0 Å². The molecule has 0 amide bonds. The molecule has 0 aromatic carbocycles. The number of hydrogen-bond acceptors (Lipinski definition) is 3. The van der Waals surface area contributed by atoms with Gasteiger partial charge in [0, 0.05) is 12.4 Å². The number of aliphatic hydroxyl groups is 1. The van der Waals surface area contributed by atoms with Gasteiger partial charge in [-0.3, -0.25) is 4.90 Å². The number of halogens is 1. The zero-order chi connectivity index (χ0) is 10.6. The van der Waals surface area contributed by atoms with Crippen molar-refractivity contribution in [2.45, 2.75) is 31.9 Å². The molecule has 1 heterocycles. The smallest absolute Gasteiger partial charge is 0.0768 e. The minimum atomic E-state index is -0.702. The average molecular weight is 222 g/mol. The van der Waals surface area contributed by atoms with Crippen molar-refractivity contribution in [1.29, 1.82) is 0 Å². The van der Waals surface area contributed by atoms with Gasteiger partial charge < -0.3 is 9.84 Å². The highest BCUT2D eigenvalue weighted by Gasteiger charge is 2.34. The Morgan fingerprint density at radius 1 is 1.57 bits per heavy atom. The molecule has 0 spiro atoms. The van der Waals surface area contributed by atoms with Crippen LogP contribution < -0.4 is 0 Å². The molecule has 0 bridgehead atoms. The molecule has 1 saturated heterocycles. The lowest BCUT2D eigenvalue weighted by Crippen LogP contribution is -2.56. The zero-order valence-electron chi connectivity index (χ0n) is 9.00. The summed E-state index contributed by atoms with van der Waals surface area (Å²) in [4.78, 5) is 2.27. The molecular weight excluding hydrogens is 202 g/mol. The summed E-state index contributed by atoms with van der Waals surface area (Å²) in [5, 5.41) is 9.96. The van der Waals surface area contributed by atoms with Crippen LogP contribution in [0.3, 0.4) is 0 Å². The Morgan fingerprint density at radius 3 is 2.86 bits per heavy atom. The fraction of sp³-hybridized carbons (Fsp3) is 1.00. The van der Waals surface area contributed by atoms with Gasteiger partial charge in [0.1, 0.15) is 0 Å². The lowest BCUT2D eigenvalue weighted by molar-refractivity contribution is -0.0947. The van der Waals surface area contributed by atoms with E-state index in [1.807, 2.05) is 13.8 Å². The summed E-state index contributed by atoms with van der Waals surface area (Å²) in [6.45, 7) is 6.88. The molecule has 1 N–H and O–H groups in total. The van der Waals surface area contributed by atoms with Crippen molar-refractivity contribution in [3.8, 4) is 0 Å². The topological polar surface area (TPSA) is 32.7 Å². The van der Waals surface area contributed by atoms with Crippen molar-refractivity contribution in [3.05, 3.63) is 0 Å². The number of alkyl halides is 1. The van der Waals surface area contributed by atoms with Gasteiger partial charge in [-0.2, -0.15) is 0 Å². The maximum atomic E-state index is 9.96. The Kier molecular flexibility index (Phi) is 4.64. The lowest BCUT2D eigenvalue weighted by Gasteiger charge is -2.41. The minimum absolute atomic E-state index is 0.0967. The second-order valence-electron chi connectivity index (χ2n) is 4.32. The Morgan fingerprint density at radius 2 is 2.29 bits per heavy atom. The summed E-state index contributed by atoms with van der Waals surface area (Å²) in [5.41, 5.74) is -0.702. The Labute approximate surface area is 91.0 Å². The maximum Gasteiger partial charge on any atom is 0.0768 e. The molecule has 1 aliphatic heterocycles. The van der Waals surface area contributed by atoms with Gasteiger partial charge in [0.25, 0.3) is 0 Å². The first-order valence-corrected chi connectivity index (χ1v) is 5.69. The first-order valence-electron chi connectivity index (χ1n) is 5.16. The molecule has 1 aliphatic rings. The first kappa shape index (κ1) is 12.2. The van der Waals surface area contributed by atoms with Crippen LogP contribution in [0.2, 0.25) is 0 Å². The SMILES string of the molecule is CC(C)(O)[C@@H]1COCCN1CCCCl. The van der Waals surface area contributed by atoms with E-state index in [1.165, 1.54) is 0 Å². The van der Waals surface area contributed by atoms with E-state index < -0.39 is 5.60 Å². The number of rotatable bonds is 4. The molecule has 0 saturated carbocycles. The van der Waals surface area contributed by atoms with Gasteiger partial charge in [0.05, 0.1) is 24.9 Å². The van der Waals surface area contributed by atoms with E-state index in [9.17, 15) is 5.11 Å². The lowest BCUT2D eigenvalue weighted by atomic mass is 9.97. The van der Waals surface area contributed by atoms with E-state index in [2.05, 4.69) is 4.90 Å². The predicted octanol–water partition coefficient (Wildman–Crippen LogP) is 1.09. The molecule has 1 fully saturated rings. The predicted molar refractivity (Wildman–Crippen MR) is 57.8 cm³/mol. The van der Waals surface area contributed by atoms with Crippen LogP contribution in [0.5, 0.6) is 0 Å². The van der Waals surface area contributed by atoms with E-state index in [0.29, 0.717) is 12.5 Å². The van der Waals surface area contributed by atoms with E-state index >= 15 is 0 Å². The van der Waals surface area contributed by atoms with Gasteiger partial charge in [-0.25, -0.2) is 0 Å². The second-order valence-corrected chi connectivity index (χ2v) is 4.70. The summed E-state index contributed by atoms with van der Waals surface area (Å²) < 4.78 is 5.38. The number of hydrogen-bond donors (Lipinski definition) is 1. The Balaban J connectivity index is 2.50. The quantitative estimate of drug-likeness (QED) is 0.722. The first-order chi connectivity index (χ1) is 6.55. The standard InChI is InChI=1S/C10H20ClNO2/c1-10(2,13)9-8-14-7-6-12(9)5-3-4-11/h9,13H,3-8H2,1-2H3/t9-/m0/s1. The largest absolute Gasteiger partial charge is 0.389 e. The van der Waals surface area contributed by atoms with Gasteiger partial charge >= 0.3 is 0 Å². The molecule has 0 aromatic heterocycles. The molecule has 0 aromatic rings. The summed E-state index contributed by atoms with van der Waals surface area (Å²) in [6.07, 6.45) is 0.966. The van der Waals surface area contributed by atoms with Crippen molar-refractivity contribution in [1.82, 2.24) is 4.90 Å². The molecule has 1 atom stereocenters. The molecule has 0 radical (unpaired) electrons. The van der Waals surface area contributed by atoms with Crippen LogP contribution in [0.4, 0.5) is 0 Å². The normalized spacial score (nSPS) is 25.3. The van der Waals surface area contributed by atoms with E-state index in [4.69, 9.17) is 16.3 Å². The van der Waals surface area contributed by atoms with Crippen molar-refractivity contribution in [3.63, 3.8) is 0 Å². The minimum Gasteiger partial charge on any atom is -0.389 e. The third kappa shape index (κ3) is 3.39. The Bertz CT molecular complexity index is 170. The third-order valence-corrected chi connectivity index (χ3v) is 2.90. The molecule has 14 heavy (non-hydrogen) atoms. The van der Waals surface area contributed by atoms with Crippen LogP contribution in [0.25, 0.3) is 0 Å². The molecule has 4 heteroatoms. The van der Waals surface area contributed by atoms with E-state index in [0.717, 1.165) is 26.1 Å². The molecule has 0 unspecified atom stereocenters. The van der Waals surface area contributed by atoms with Gasteiger partial charge in [-0.1, -0.05) is 0 Å². The third-order valence-electron chi connectivity index (χ3n) is 2.63. The van der Waals surface area contributed by atoms with Gasteiger partial charge in [0.15, 0.2) is 0 Å². The number of ether oxygens (including phenoxy) is 1. The van der Waals surface area contributed by atoms with Crippen LogP contribution in [-0.2, 0) is 4.74 Å². The molecule has 0 aliphatic carbocycles. The summed E-state index contributed by atoms with van der Waals surface area (Å²) >= 11 is 5.66. The van der Waals surface area contributed by atoms with Crippen molar-refractivity contribution >= 4 is 11.6 Å². The summed E-state index contributed by atoms with van der Waals surface area (Å²) in [6, 6.07) is 0.0967. The summed E-state index contributed by atoms with van der Waals surface area (Å²) in [7, 11) is 0. The fourth-order valence-electron chi connectivity index (χ4n) is 1.82. The van der Waals surface area contributed by atoms with Crippen molar-refractivity contribution < 1.29 is 9.84 Å². The van der Waals surface area contributed by atoms with Gasteiger partial charge in [0.2, 0.25) is 0 Å². The van der Waals surface area contributed by atoms with Crippen LogP contribution in [-0.4, -0.2) is 53.8 Å². The monoisotopic (exact) mass is 221 g/mol. The van der Waals surface area contributed by atoms with E-state index in [1.54, 1.807) is 0 Å². The van der Waals surface area contributed by atoms with Crippen LogP contribution in [0.1, 0.15) is 20.3 Å². The zero-order valence-corrected chi connectivity index (χ0v) is 9.76. The average Bonchev–Trinajstić information content (AvgIpc) is 2.14. The van der Waals surface area contributed by atoms with Crippen LogP contribution >= 0.6 is 11.6 Å². The summed E-state index contributed by atoms with van der Waals surface area (Å²) in [5.74, 6) is 0.677. The fourth-order valence-corrected chi connectivity index (χ4v) is 1.94. The highest BCUT2D eigenvalue weighted by molar-refractivity contribution is 6.17. The van der Waals surface area contributed by atoms with Gasteiger partial charge in [-0.05, 0) is 26.8 Å². The van der Waals surface area contributed by atoms with E-state index in [-0.39, 0.29) is 6.04 Å². The molecule has 1 rings (SSSR count). The highest BCUT2D eigenvalue weighted by Crippen LogP contribution is 2.19. The Hall–Kier alpha value is 0.170. The highest BCUT2D eigenvalue weighted by atomic mass is 35.5. The number of morpholine rings is 1. The molecular formula is C10H20ClNO2. The molecule has 3 nitrogen and oxygen atoms in total. The molecule has 84 valence electrons. The maximum absolute atomic E-state index is 9.96. The van der Waals surface area contributed by atoms with Gasteiger partial charge in [-0.15, -0.1) is 11.6 Å². The second kappa shape index (κ2) is 5.31. The van der Waals surface area contributed by atoms with Crippen LogP contribution in [0, 0.1) is 0 Å². The van der Waals surface area contributed by atoms with Crippen LogP contribution in [0.15, 0.2) is 0 Å². The van der Waals surface area contributed by atoms with Crippen molar-refractivity contribution in [2.75, 3.05) is 32.2 Å².